The van der Waals surface area contributed by atoms with Gasteiger partial charge in [-0.25, -0.2) is 4.98 Å². The van der Waals surface area contributed by atoms with E-state index in [2.05, 4.69) is 77.4 Å². The third-order valence-corrected chi connectivity index (χ3v) is 7.28. The Morgan fingerprint density at radius 2 is 1.77 bits per heavy atom. The van der Waals surface area contributed by atoms with Crippen molar-refractivity contribution in [2.75, 3.05) is 31.5 Å². The van der Waals surface area contributed by atoms with Gasteiger partial charge in [0.2, 0.25) is 5.95 Å². The zero-order chi connectivity index (χ0) is 24.4. The Balaban J connectivity index is 1.28. The van der Waals surface area contributed by atoms with E-state index in [1.807, 2.05) is 10.6 Å². The monoisotopic (exact) mass is 472 g/mol. The van der Waals surface area contributed by atoms with Crippen LogP contribution in [0.4, 0.5) is 5.95 Å². The van der Waals surface area contributed by atoms with Crippen LogP contribution in [0, 0.1) is 0 Å². The van der Waals surface area contributed by atoms with Gasteiger partial charge in [-0.05, 0) is 56.5 Å². The van der Waals surface area contributed by atoms with Gasteiger partial charge in [-0.3, -0.25) is 14.3 Å². The zero-order valence-electron chi connectivity index (χ0n) is 21.0. The molecule has 1 N–H and O–H groups in total. The lowest BCUT2D eigenvalue weighted by molar-refractivity contribution is 0.119. The Morgan fingerprint density at radius 1 is 1.06 bits per heavy atom. The summed E-state index contributed by atoms with van der Waals surface area (Å²) < 4.78 is 1.82. The van der Waals surface area contributed by atoms with Crippen molar-refractivity contribution < 1.29 is 0 Å². The van der Waals surface area contributed by atoms with Gasteiger partial charge < -0.3 is 10.2 Å². The predicted molar refractivity (Wildman–Crippen MR) is 142 cm³/mol. The third kappa shape index (κ3) is 5.10. The molecule has 2 aliphatic rings. The molecule has 3 heterocycles. The molecule has 0 radical (unpaired) electrons. The SMILES string of the molecule is CC=CN1CCN(C(CC)c2ccc([C@H](C)Nc3ncc4ccc(=O)n(C5CC5)c4n3)cc2)CC1. The molecule has 0 spiro atoms. The molecule has 2 aromatic heterocycles. The summed E-state index contributed by atoms with van der Waals surface area (Å²) >= 11 is 0. The lowest BCUT2D eigenvalue weighted by Gasteiger charge is -2.39. The first-order valence-corrected chi connectivity index (χ1v) is 12.9. The Hall–Kier alpha value is -3.19. The molecule has 2 fully saturated rings. The van der Waals surface area contributed by atoms with Crippen molar-refractivity contribution in [3.8, 4) is 0 Å². The number of aromatic nitrogens is 3. The van der Waals surface area contributed by atoms with Gasteiger partial charge in [0, 0.05) is 55.9 Å². The van der Waals surface area contributed by atoms with Gasteiger partial charge in [0.15, 0.2) is 0 Å². The number of hydrogen-bond donors (Lipinski definition) is 1. The summed E-state index contributed by atoms with van der Waals surface area (Å²) in [6, 6.07) is 13.2. The van der Waals surface area contributed by atoms with E-state index in [4.69, 9.17) is 4.98 Å². The molecule has 5 rings (SSSR count). The highest BCUT2D eigenvalue weighted by molar-refractivity contribution is 5.75. The molecule has 1 aliphatic heterocycles. The summed E-state index contributed by atoms with van der Waals surface area (Å²) in [6.07, 6.45) is 9.31. The normalized spacial score (nSPS) is 18.8. The minimum Gasteiger partial charge on any atom is -0.375 e. The van der Waals surface area contributed by atoms with Crippen molar-refractivity contribution >= 4 is 17.0 Å². The maximum atomic E-state index is 12.4. The molecule has 3 aromatic rings. The number of hydrogen-bond acceptors (Lipinski definition) is 6. The van der Waals surface area contributed by atoms with Crippen LogP contribution in [0.2, 0.25) is 0 Å². The Kier molecular flexibility index (Phi) is 6.86. The van der Waals surface area contributed by atoms with Crippen LogP contribution in [0.1, 0.15) is 69.3 Å². The summed E-state index contributed by atoms with van der Waals surface area (Å²) in [5.74, 6) is 0.555. The van der Waals surface area contributed by atoms with E-state index < -0.39 is 0 Å². The van der Waals surface area contributed by atoms with E-state index in [0.717, 1.165) is 56.5 Å². The molecule has 0 amide bonds. The van der Waals surface area contributed by atoms with Crippen molar-refractivity contribution in [2.24, 2.45) is 0 Å². The summed E-state index contributed by atoms with van der Waals surface area (Å²) in [6.45, 7) is 10.8. The van der Waals surface area contributed by atoms with E-state index in [9.17, 15) is 4.79 Å². The largest absolute Gasteiger partial charge is 0.375 e. The van der Waals surface area contributed by atoms with E-state index >= 15 is 0 Å². The number of nitrogens with zero attached hydrogens (tertiary/aromatic N) is 5. The van der Waals surface area contributed by atoms with Crippen molar-refractivity contribution in [2.45, 2.75) is 58.2 Å². The first kappa shape index (κ1) is 23.5. The van der Waals surface area contributed by atoms with Crippen molar-refractivity contribution in [1.29, 1.82) is 0 Å². The van der Waals surface area contributed by atoms with E-state index in [0.29, 0.717) is 12.0 Å². The fourth-order valence-corrected chi connectivity index (χ4v) is 5.19. The van der Waals surface area contributed by atoms with E-state index in [-0.39, 0.29) is 17.6 Å². The van der Waals surface area contributed by atoms with Crippen LogP contribution in [-0.2, 0) is 0 Å². The fraction of sp³-hybridized carbons (Fsp3) is 0.464. The zero-order valence-corrected chi connectivity index (χ0v) is 21.0. The second kappa shape index (κ2) is 10.2. The Labute approximate surface area is 207 Å². The molecule has 1 saturated heterocycles. The molecule has 7 nitrogen and oxygen atoms in total. The lowest BCUT2D eigenvalue weighted by atomic mass is 9.98. The highest BCUT2D eigenvalue weighted by atomic mass is 16.1. The molecule has 184 valence electrons. The standard InChI is InChI=1S/C28H36N6O/c1-4-14-32-15-17-33(18-16-32)25(5-2)22-8-6-21(7-9-22)20(3)30-28-29-19-23-10-13-26(35)34(24-11-12-24)27(23)31-28/h4,6-10,13-14,19-20,24-25H,5,11-12,15-18H2,1-3H3,(H,29,30,31)/t20-,25?/m0/s1. The first-order valence-electron chi connectivity index (χ1n) is 12.9. The van der Waals surface area contributed by atoms with E-state index in [1.165, 1.54) is 11.1 Å². The molecule has 7 heteroatoms. The highest BCUT2D eigenvalue weighted by Crippen LogP contribution is 2.35. The number of nitrogens with one attached hydrogen (secondary N) is 1. The smallest absolute Gasteiger partial charge is 0.252 e. The molecule has 0 bridgehead atoms. The van der Waals surface area contributed by atoms with Gasteiger partial charge >= 0.3 is 0 Å². The van der Waals surface area contributed by atoms with Crippen LogP contribution in [0.15, 0.2) is 59.7 Å². The van der Waals surface area contributed by atoms with Gasteiger partial charge in [0.25, 0.3) is 5.56 Å². The van der Waals surface area contributed by atoms with Crippen LogP contribution >= 0.6 is 0 Å². The molecule has 35 heavy (non-hydrogen) atoms. The molecule has 1 aromatic carbocycles. The number of fused-ring (bicyclic) bond motifs is 1. The van der Waals surface area contributed by atoms with Crippen molar-refractivity contribution in [1.82, 2.24) is 24.3 Å². The molecular formula is C28H36N6O. The first-order chi connectivity index (χ1) is 17.1. The second-order valence-corrected chi connectivity index (χ2v) is 9.76. The summed E-state index contributed by atoms with van der Waals surface area (Å²) in [7, 11) is 0. The van der Waals surface area contributed by atoms with Gasteiger partial charge in [0.05, 0.1) is 6.04 Å². The van der Waals surface area contributed by atoms with Crippen LogP contribution in [0.5, 0.6) is 0 Å². The molecule has 1 saturated carbocycles. The highest BCUT2D eigenvalue weighted by Gasteiger charge is 2.27. The summed E-state index contributed by atoms with van der Waals surface area (Å²) in [4.78, 5) is 26.7. The average Bonchev–Trinajstić information content (AvgIpc) is 3.71. The number of allylic oxidation sites excluding steroid dienone is 1. The second-order valence-electron chi connectivity index (χ2n) is 9.76. The Bertz CT molecular complexity index is 1240. The summed E-state index contributed by atoms with van der Waals surface area (Å²) in [5, 5.41) is 4.34. The molecule has 1 aliphatic carbocycles. The number of anilines is 1. The number of piperazine rings is 1. The lowest BCUT2D eigenvalue weighted by Crippen LogP contribution is -2.45. The van der Waals surface area contributed by atoms with Gasteiger partial charge in [-0.1, -0.05) is 37.3 Å². The average molecular weight is 473 g/mol. The van der Waals surface area contributed by atoms with Crippen LogP contribution in [0.3, 0.4) is 0 Å². The van der Waals surface area contributed by atoms with E-state index in [1.54, 1.807) is 12.3 Å². The maximum absolute atomic E-state index is 12.4. The van der Waals surface area contributed by atoms with Gasteiger partial charge in [-0.2, -0.15) is 4.98 Å². The number of benzene rings is 1. The van der Waals surface area contributed by atoms with Crippen molar-refractivity contribution in [3.05, 3.63) is 76.4 Å². The van der Waals surface area contributed by atoms with Gasteiger partial charge in [0.1, 0.15) is 5.65 Å². The topological polar surface area (TPSA) is 66.3 Å². The molecule has 1 unspecified atom stereocenters. The molecule has 2 atom stereocenters. The summed E-state index contributed by atoms with van der Waals surface area (Å²) in [5.41, 5.74) is 3.30. The van der Waals surface area contributed by atoms with Crippen LogP contribution < -0.4 is 10.9 Å². The fourth-order valence-electron chi connectivity index (χ4n) is 5.19. The van der Waals surface area contributed by atoms with Crippen LogP contribution in [0.25, 0.3) is 11.0 Å². The minimum absolute atomic E-state index is 0.0157. The van der Waals surface area contributed by atoms with Crippen molar-refractivity contribution in [3.63, 3.8) is 0 Å². The van der Waals surface area contributed by atoms with Crippen LogP contribution in [-0.4, -0.2) is 50.5 Å². The minimum atomic E-state index is 0.0157. The van der Waals surface area contributed by atoms with Gasteiger partial charge in [-0.15, -0.1) is 0 Å². The number of pyridine rings is 1. The maximum Gasteiger partial charge on any atom is 0.252 e. The Morgan fingerprint density at radius 3 is 2.43 bits per heavy atom. The quantitative estimate of drug-likeness (QED) is 0.503. The predicted octanol–water partition coefficient (Wildman–Crippen LogP) is 4.90. The molecular weight excluding hydrogens is 436 g/mol. The third-order valence-electron chi connectivity index (χ3n) is 7.28. The number of rotatable bonds is 8.